The van der Waals surface area contributed by atoms with Crippen molar-refractivity contribution in [3.8, 4) is 0 Å². The van der Waals surface area contributed by atoms with Gasteiger partial charge in [0.2, 0.25) is 0 Å². The summed E-state index contributed by atoms with van der Waals surface area (Å²) >= 11 is 0. The number of aromatic nitrogens is 3. The van der Waals surface area contributed by atoms with E-state index in [1.807, 2.05) is 24.3 Å². The lowest BCUT2D eigenvalue weighted by atomic mass is 10.3. The molecule has 1 heterocycles. The summed E-state index contributed by atoms with van der Waals surface area (Å²) < 4.78 is 14.1. The summed E-state index contributed by atoms with van der Waals surface area (Å²) in [6, 6.07) is 7.88. The van der Waals surface area contributed by atoms with E-state index in [0.29, 0.717) is 13.5 Å². The van der Waals surface area contributed by atoms with Crippen molar-refractivity contribution in [1.82, 2.24) is 29.0 Å². The highest BCUT2D eigenvalue weighted by molar-refractivity contribution is 7.49. The molecule has 0 N–H and O–H groups in total. The van der Waals surface area contributed by atoms with Crippen LogP contribution in [-0.4, -0.2) is 71.0 Å². The third kappa shape index (κ3) is 3.96. The highest BCUT2D eigenvalue weighted by Gasteiger charge is 2.19. The number of hydrogen-bond acceptors (Lipinski definition) is 6. The maximum absolute atomic E-state index is 5.78. The van der Waals surface area contributed by atoms with Crippen LogP contribution in [0, 0.1) is 0 Å². The molecule has 0 saturated heterocycles. The van der Waals surface area contributed by atoms with Crippen LogP contribution in [0.1, 0.15) is 0 Å². The predicted molar refractivity (Wildman–Crippen MR) is 85.5 cm³/mol. The van der Waals surface area contributed by atoms with Gasteiger partial charge in [-0.3, -0.25) is 9.34 Å². The van der Waals surface area contributed by atoms with Crippen molar-refractivity contribution < 1.29 is 4.74 Å². The first-order valence-electron chi connectivity index (χ1n) is 6.72. The quantitative estimate of drug-likeness (QED) is 0.572. The number of nitrogens with zero attached hydrogens (tertiary/aromatic N) is 6. The van der Waals surface area contributed by atoms with Gasteiger partial charge < -0.3 is 4.74 Å². The summed E-state index contributed by atoms with van der Waals surface area (Å²) in [5, 5.41) is 8.23. The van der Waals surface area contributed by atoms with E-state index < -0.39 is 8.37 Å². The first-order valence-corrected chi connectivity index (χ1v) is 7.92. The summed E-state index contributed by atoms with van der Waals surface area (Å²) in [7, 11) is 9.85. The molecule has 0 amide bonds. The average molecular weight is 310 g/mol. The zero-order valence-corrected chi connectivity index (χ0v) is 14.2. The summed E-state index contributed by atoms with van der Waals surface area (Å²) in [5.41, 5.74) is 1.88. The van der Waals surface area contributed by atoms with Gasteiger partial charge in [-0.05, 0) is 47.4 Å². The third-order valence-electron chi connectivity index (χ3n) is 2.93. The molecule has 8 heteroatoms. The van der Waals surface area contributed by atoms with E-state index in [4.69, 9.17) is 4.74 Å². The highest BCUT2D eigenvalue weighted by atomic mass is 31.2. The van der Waals surface area contributed by atoms with Crippen molar-refractivity contribution in [3.63, 3.8) is 0 Å². The third-order valence-corrected chi connectivity index (χ3v) is 5.09. The Kier molecular flexibility index (Phi) is 5.61. The molecule has 0 saturated carbocycles. The first-order chi connectivity index (χ1) is 10.0. The first kappa shape index (κ1) is 16.3. The van der Waals surface area contributed by atoms with Gasteiger partial charge in [-0.2, -0.15) is 0 Å². The minimum Gasteiger partial charge on any atom is -0.343 e. The Morgan fingerprint density at radius 1 is 1.10 bits per heavy atom. The molecule has 116 valence electrons. The molecule has 0 atom stereocenters. The molecule has 1 aromatic heterocycles. The number of ether oxygens (including phenoxy) is 1. The molecule has 1 aromatic carbocycles. The average Bonchev–Trinajstić information content (AvgIpc) is 2.81. The van der Waals surface area contributed by atoms with Gasteiger partial charge in [0.05, 0.1) is 5.52 Å². The van der Waals surface area contributed by atoms with Crippen molar-refractivity contribution in [1.29, 1.82) is 0 Å². The highest BCUT2D eigenvalue weighted by Crippen LogP contribution is 2.42. The Balaban J connectivity index is 1.92. The van der Waals surface area contributed by atoms with Crippen molar-refractivity contribution in [2.45, 2.75) is 6.73 Å². The SMILES string of the molecule is CN(C)P(N(C)C)N(C)COCn1nnc2ccccc21. The lowest BCUT2D eigenvalue weighted by molar-refractivity contribution is 0.0276. The molecule has 2 aromatic rings. The molecule has 0 spiro atoms. The predicted octanol–water partition coefficient (Wildman–Crippen LogP) is 1.64. The van der Waals surface area contributed by atoms with Crippen LogP contribution in [0.15, 0.2) is 24.3 Å². The molecular formula is C13H23N6OP. The lowest BCUT2D eigenvalue weighted by Gasteiger charge is -2.36. The van der Waals surface area contributed by atoms with Gasteiger partial charge in [-0.1, -0.05) is 17.3 Å². The molecular weight excluding hydrogens is 287 g/mol. The van der Waals surface area contributed by atoms with Crippen LogP contribution in [-0.2, 0) is 11.5 Å². The summed E-state index contributed by atoms with van der Waals surface area (Å²) in [4.78, 5) is 0. The maximum Gasteiger partial charge on any atom is 0.143 e. The van der Waals surface area contributed by atoms with Crippen molar-refractivity contribution in [2.75, 3.05) is 42.0 Å². The van der Waals surface area contributed by atoms with E-state index in [1.165, 1.54) is 0 Å². The molecule has 21 heavy (non-hydrogen) atoms. The van der Waals surface area contributed by atoms with Crippen LogP contribution in [0.5, 0.6) is 0 Å². The molecule has 0 aliphatic carbocycles. The fourth-order valence-electron chi connectivity index (χ4n) is 2.29. The second kappa shape index (κ2) is 7.24. The summed E-state index contributed by atoms with van der Waals surface area (Å²) in [5.74, 6) is 0. The zero-order chi connectivity index (χ0) is 15.4. The van der Waals surface area contributed by atoms with Gasteiger partial charge in [0.1, 0.15) is 27.4 Å². The Hall–Kier alpha value is -1.11. The smallest absolute Gasteiger partial charge is 0.143 e. The van der Waals surface area contributed by atoms with Crippen molar-refractivity contribution in [2.24, 2.45) is 0 Å². The van der Waals surface area contributed by atoms with Gasteiger partial charge in [-0.25, -0.2) is 9.35 Å². The Morgan fingerprint density at radius 2 is 1.76 bits per heavy atom. The fraction of sp³-hybridized carbons (Fsp3) is 0.538. The molecule has 0 bridgehead atoms. The number of benzene rings is 1. The van der Waals surface area contributed by atoms with E-state index in [0.717, 1.165) is 11.0 Å². The van der Waals surface area contributed by atoms with Gasteiger partial charge in [0.25, 0.3) is 0 Å². The van der Waals surface area contributed by atoms with Crippen LogP contribution < -0.4 is 0 Å². The fourth-order valence-corrected chi connectivity index (χ4v) is 4.41. The standard InChI is InChI=1S/C13H23N6OP/c1-16(2)21(17(3)4)18(5)10-20-11-19-13-9-7-6-8-12(13)14-15-19/h6-9H,10-11H2,1-5H3. The second-order valence-electron chi connectivity index (χ2n) is 5.16. The number of rotatable bonds is 7. The van der Waals surface area contributed by atoms with E-state index >= 15 is 0 Å². The van der Waals surface area contributed by atoms with Gasteiger partial charge in [0.15, 0.2) is 0 Å². The van der Waals surface area contributed by atoms with E-state index in [9.17, 15) is 0 Å². The van der Waals surface area contributed by atoms with Crippen molar-refractivity contribution in [3.05, 3.63) is 24.3 Å². The summed E-state index contributed by atoms with van der Waals surface area (Å²) in [6.07, 6.45) is 0. The molecule has 0 aliphatic heterocycles. The largest absolute Gasteiger partial charge is 0.343 e. The normalized spacial score (nSPS) is 12.4. The minimum absolute atomic E-state index is 0.398. The lowest BCUT2D eigenvalue weighted by Crippen LogP contribution is -2.30. The van der Waals surface area contributed by atoms with E-state index in [-0.39, 0.29) is 0 Å². The molecule has 7 nitrogen and oxygen atoms in total. The monoisotopic (exact) mass is 310 g/mol. The van der Waals surface area contributed by atoms with Crippen LogP contribution in [0.4, 0.5) is 0 Å². The van der Waals surface area contributed by atoms with Crippen LogP contribution in [0.2, 0.25) is 0 Å². The number of fused-ring (bicyclic) bond motifs is 1. The number of hydrogen-bond donors (Lipinski definition) is 0. The summed E-state index contributed by atoms with van der Waals surface area (Å²) in [6.45, 7) is 0.936. The molecule has 2 rings (SSSR count). The molecule has 0 aliphatic rings. The van der Waals surface area contributed by atoms with Crippen LogP contribution in [0.25, 0.3) is 11.0 Å². The van der Waals surface area contributed by atoms with E-state index in [2.05, 4.69) is 59.6 Å². The van der Waals surface area contributed by atoms with Crippen LogP contribution >= 0.6 is 8.37 Å². The maximum atomic E-state index is 5.78. The molecule has 0 unspecified atom stereocenters. The Bertz CT molecular complexity index is 565. The zero-order valence-electron chi connectivity index (χ0n) is 13.3. The number of para-hydroxylation sites is 1. The van der Waals surface area contributed by atoms with Crippen molar-refractivity contribution >= 4 is 19.4 Å². The van der Waals surface area contributed by atoms with E-state index in [1.54, 1.807) is 4.68 Å². The van der Waals surface area contributed by atoms with Crippen LogP contribution in [0.3, 0.4) is 0 Å². The topological polar surface area (TPSA) is 49.7 Å². The van der Waals surface area contributed by atoms with Gasteiger partial charge in [0, 0.05) is 0 Å². The molecule has 0 radical (unpaired) electrons. The minimum atomic E-state index is -0.514. The molecule has 0 fully saturated rings. The van der Waals surface area contributed by atoms with Gasteiger partial charge >= 0.3 is 0 Å². The van der Waals surface area contributed by atoms with Gasteiger partial charge in [-0.15, -0.1) is 5.10 Å². The Morgan fingerprint density at radius 3 is 2.43 bits per heavy atom. The Labute approximate surface area is 127 Å². The second-order valence-corrected chi connectivity index (χ2v) is 7.98.